The minimum atomic E-state index is -0.327. The van der Waals surface area contributed by atoms with E-state index in [0.717, 1.165) is 45.4 Å². The van der Waals surface area contributed by atoms with Crippen LogP contribution in [0.4, 0.5) is 5.95 Å². The number of piperazine rings is 1. The van der Waals surface area contributed by atoms with Gasteiger partial charge < -0.3 is 4.90 Å². The van der Waals surface area contributed by atoms with Crippen LogP contribution >= 0.6 is 0 Å². The van der Waals surface area contributed by atoms with Crippen molar-refractivity contribution in [3.05, 3.63) is 18.4 Å². The van der Waals surface area contributed by atoms with Gasteiger partial charge in [0.1, 0.15) is 0 Å². The quantitative estimate of drug-likeness (QED) is 0.690. The number of fused-ring (bicyclic) bond motifs is 5. The summed E-state index contributed by atoms with van der Waals surface area (Å²) < 4.78 is 16.0. The molecule has 28 heavy (non-hydrogen) atoms. The van der Waals surface area contributed by atoms with Gasteiger partial charge in [-0.2, -0.15) is 0 Å². The number of amides is 2. The van der Waals surface area contributed by atoms with Gasteiger partial charge in [0.25, 0.3) is 0 Å². The first-order valence-corrected chi connectivity index (χ1v) is 10.6. The Kier molecular flexibility index (Phi) is 4.20. The highest BCUT2D eigenvalue weighted by Crippen LogP contribution is 2.56. The number of anilines is 1. The lowest BCUT2D eigenvalue weighted by Crippen LogP contribution is -2.47. The van der Waals surface area contributed by atoms with Crippen LogP contribution in [0.25, 0.3) is 0 Å². The van der Waals surface area contributed by atoms with Gasteiger partial charge in [-0.1, -0.05) is 0 Å². The Hall–Kier alpha value is -2.02. The molecule has 1 aromatic heterocycles. The summed E-state index contributed by atoms with van der Waals surface area (Å²) in [6.45, 7) is 3.16. The Labute approximate surface area is 168 Å². The summed E-state index contributed by atoms with van der Waals surface area (Å²) >= 11 is 0. The largest absolute Gasteiger partial charge is 0.338 e. The van der Waals surface area contributed by atoms with Crippen molar-refractivity contribution in [2.45, 2.75) is 32.1 Å². The third kappa shape index (κ3) is 3.09. The molecule has 1 aromatic rings. The summed E-state index contributed by atoms with van der Waals surface area (Å²) in [7, 11) is 0. The van der Waals surface area contributed by atoms with Gasteiger partial charge in [0, 0.05) is 46.5 Å². The van der Waals surface area contributed by atoms with Crippen molar-refractivity contribution in [2.24, 2.45) is 23.7 Å². The number of nitrogens with zero attached hydrogens (tertiary/aromatic N) is 5. The van der Waals surface area contributed by atoms with Gasteiger partial charge in [0.15, 0.2) is 0 Å². The van der Waals surface area contributed by atoms with Gasteiger partial charge >= 0.3 is 0 Å². The maximum absolute atomic E-state index is 12.8. The third-order valence-corrected chi connectivity index (χ3v) is 7.10. The Balaban J connectivity index is 1.08. The predicted octanol–water partition coefficient (Wildman–Crippen LogP) is 1.41. The SMILES string of the molecule is [2H]c1cnc(N2CCN(C([2H])CCCN3C(=O)[C@@H]4[C@@H]5CC[C@H](C5)[C@@H]4C3=O)CC2)nc1. The van der Waals surface area contributed by atoms with Gasteiger partial charge in [-0.3, -0.25) is 19.4 Å². The lowest BCUT2D eigenvalue weighted by Gasteiger charge is -2.34. The number of carbonyl (C=O) groups is 2. The fourth-order valence-electron chi connectivity index (χ4n) is 5.74. The summed E-state index contributed by atoms with van der Waals surface area (Å²) in [5.74, 6) is 1.55. The van der Waals surface area contributed by atoms with Crippen LogP contribution in [-0.2, 0) is 9.59 Å². The monoisotopic (exact) mass is 385 g/mol. The van der Waals surface area contributed by atoms with Gasteiger partial charge in [-0.05, 0) is 56.5 Å². The van der Waals surface area contributed by atoms with E-state index in [9.17, 15) is 9.59 Å². The van der Waals surface area contributed by atoms with Crippen LogP contribution in [0.3, 0.4) is 0 Å². The standard InChI is InChI=1S/C21H29N5O2/c27-19-17-15-4-5-16(14-15)18(17)20(28)26(19)9-2-1-8-24-10-12-25(13-11-24)21-22-6-3-7-23-21/h3,6-7,15-18H,1-2,4-5,8-14H2/t15-,16-,17-,18+/m1/s1/i3D,8D/t8?,15-,16-,17-,18+. The maximum Gasteiger partial charge on any atom is 0.233 e. The lowest BCUT2D eigenvalue weighted by atomic mass is 9.81. The molecule has 0 spiro atoms. The van der Waals surface area contributed by atoms with Gasteiger partial charge in [-0.15, -0.1) is 0 Å². The van der Waals surface area contributed by atoms with Crippen LogP contribution in [0.1, 0.15) is 34.8 Å². The molecule has 2 amide bonds. The topological polar surface area (TPSA) is 69.6 Å². The van der Waals surface area contributed by atoms with Crippen LogP contribution in [-0.4, -0.2) is 70.8 Å². The number of aromatic nitrogens is 2. The molecule has 4 aliphatic rings. The van der Waals surface area contributed by atoms with E-state index >= 15 is 0 Å². The number of carbonyl (C=O) groups excluding carboxylic acids is 2. The van der Waals surface area contributed by atoms with E-state index in [0.29, 0.717) is 43.2 Å². The second kappa shape index (κ2) is 7.43. The molecule has 3 heterocycles. The fourth-order valence-corrected chi connectivity index (χ4v) is 5.74. The molecule has 2 saturated heterocycles. The van der Waals surface area contributed by atoms with Crippen LogP contribution in [0.15, 0.2) is 18.4 Å². The normalized spacial score (nSPS) is 34.6. The second-order valence-electron chi connectivity index (χ2n) is 8.54. The van der Waals surface area contributed by atoms with Gasteiger partial charge in [0.05, 0.1) is 13.2 Å². The Morgan fingerprint density at radius 3 is 2.29 bits per heavy atom. The average molecular weight is 386 g/mol. The van der Waals surface area contributed by atoms with E-state index < -0.39 is 0 Å². The zero-order valence-electron chi connectivity index (χ0n) is 18.2. The Bertz CT molecular complexity index is 786. The maximum atomic E-state index is 12.8. The highest BCUT2D eigenvalue weighted by atomic mass is 16.2. The van der Waals surface area contributed by atoms with Crippen molar-refractivity contribution in [1.82, 2.24) is 19.8 Å². The summed E-state index contributed by atoms with van der Waals surface area (Å²) in [6.07, 6.45) is 7.64. The second-order valence-corrected chi connectivity index (χ2v) is 8.54. The molecule has 0 N–H and O–H groups in total. The number of rotatable bonds is 6. The molecule has 7 nitrogen and oxygen atoms in total. The van der Waals surface area contributed by atoms with E-state index in [1.54, 1.807) is 0 Å². The summed E-state index contributed by atoms with van der Waals surface area (Å²) in [6, 6.07) is 0.301. The highest BCUT2D eigenvalue weighted by Gasteiger charge is 2.60. The smallest absolute Gasteiger partial charge is 0.233 e. The number of hydrogen-bond donors (Lipinski definition) is 0. The molecule has 2 aliphatic heterocycles. The minimum absolute atomic E-state index is 0.0394. The summed E-state index contributed by atoms with van der Waals surface area (Å²) in [5, 5.41) is 0. The van der Waals surface area contributed by atoms with E-state index in [1.165, 1.54) is 17.3 Å². The Morgan fingerprint density at radius 2 is 1.64 bits per heavy atom. The average Bonchev–Trinajstić information content (AvgIpc) is 3.44. The van der Waals surface area contributed by atoms with Crippen molar-refractivity contribution in [2.75, 3.05) is 44.1 Å². The van der Waals surface area contributed by atoms with Crippen molar-refractivity contribution in [3.8, 4) is 0 Å². The molecule has 2 aliphatic carbocycles. The minimum Gasteiger partial charge on any atom is -0.338 e. The molecular weight excluding hydrogens is 354 g/mol. The Morgan fingerprint density at radius 1 is 1.00 bits per heavy atom. The molecule has 2 bridgehead atoms. The highest BCUT2D eigenvalue weighted by molar-refractivity contribution is 6.06. The molecule has 1 unspecified atom stereocenters. The first-order chi connectivity index (χ1) is 14.5. The number of imide groups is 1. The van der Waals surface area contributed by atoms with Crippen molar-refractivity contribution in [3.63, 3.8) is 0 Å². The van der Waals surface area contributed by atoms with Crippen LogP contribution in [0.2, 0.25) is 0 Å². The van der Waals surface area contributed by atoms with Crippen LogP contribution in [0.5, 0.6) is 0 Å². The number of hydrogen-bond acceptors (Lipinski definition) is 6. The van der Waals surface area contributed by atoms with Gasteiger partial charge in [-0.25, -0.2) is 9.97 Å². The van der Waals surface area contributed by atoms with Crippen molar-refractivity contribution < 1.29 is 12.3 Å². The molecule has 2 saturated carbocycles. The molecule has 150 valence electrons. The molecule has 5 rings (SSSR count). The molecule has 5 atom stereocenters. The first-order valence-electron chi connectivity index (χ1n) is 11.7. The van der Waals surface area contributed by atoms with Crippen LogP contribution in [0, 0.1) is 23.7 Å². The van der Waals surface area contributed by atoms with Crippen molar-refractivity contribution in [1.29, 1.82) is 0 Å². The molecule has 4 fully saturated rings. The molecule has 7 heteroatoms. The predicted molar refractivity (Wildman–Crippen MR) is 104 cm³/mol. The molecule has 0 aromatic carbocycles. The van der Waals surface area contributed by atoms with E-state index in [4.69, 9.17) is 2.74 Å². The fraction of sp³-hybridized carbons (Fsp3) is 0.714. The zero-order chi connectivity index (χ0) is 20.8. The first kappa shape index (κ1) is 15.9. The summed E-state index contributed by atoms with van der Waals surface area (Å²) in [5.41, 5.74) is 0. The van der Waals surface area contributed by atoms with E-state index in [1.807, 2.05) is 0 Å². The van der Waals surface area contributed by atoms with Gasteiger partial charge in [0.2, 0.25) is 17.8 Å². The summed E-state index contributed by atoms with van der Waals surface area (Å²) in [4.78, 5) is 39.7. The zero-order valence-corrected chi connectivity index (χ0v) is 16.2. The van der Waals surface area contributed by atoms with E-state index in [2.05, 4.69) is 19.8 Å². The van der Waals surface area contributed by atoms with Crippen molar-refractivity contribution >= 4 is 17.8 Å². The number of likely N-dealkylation sites (tertiary alicyclic amines) is 1. The lowest BCUT2D eigenvalue weighted by molar-refractivity contribution is -0.140. The van der Waals surface area contributed by atoms with Crippen LogP contribution < -0.4 is 4.90 Å². The molecule has 0 radical (unpaired) electrons. The third-order valence-electron chi connectivity index (χ3n) is 7.10. The molecular formula is C21H29N5O2. The van der Waals surface area contributed by atoms with E-state index in [-0.39, 0.29) is 30.2 Å².